The Labute approximate surface area is 379 Å². The lowest BCUT2D eigenvalue weighted by atomic mass is 10.0. The number of anilines is 6. The van der Waals surface area contributed by atoms with E-state index >= 15 is 0 Å². The molecule has 0 unspecified atom stereocenters. The quantitative estimate of drug-likeness (QED) is 0.136. The van der Waals surface area contributed by atoms with E-state index in [1.165, 1.54) is 66.3 Å². The van der Waals surface area contributed by atoms with Crippen molar-refractivity contribution in [1.82, 2.24) is 9.13 Å². The Kier molecular flexibility index (Phi) is 9.68. The number of rotatable bonds is 10. The molecule has 2 heterocycles. The standard InChI is InChI=1S/C61H46N4/c1-5-17-44(18-6-1)43-62-58-27-15-13-25-54(58)56-39-37-52(41-60(56)62)63(47-19-7-2-8-20-47)50-33-29-45(30-34-50)46-31-35-51(36-32-46)64(48-21-9-3-10-22-48)53-38-40-57-55-26-14-16-28-59(55)65(61(57)42-53)49-23-11-4-12-24-49/h1-13,15-25,27-42H,14,26,43H2. The van der Waals surface area contributed by atoms with E-state index in [9.17, 15) is 0 Å². The highest BCUT2D eigenvalue weighted by molar-refractivity contribution is 6.09. The number of aryl methyl sites for hydroxylation is 1. The molecule has 1 aliphatic carbocycles. The lowest BCUT2D eigenvalue weighted by Gasteiger charge is -2.26. The molecule has 9 aromatic carbocycles. The molecule has 4 heteroatoms. The number of para-hydroxylation sites is 4. The second-order valence-electron chi connectivity index (χ2n) is 16.9. The second-order valence-corrected chi connectivity index (χ2v) is 16.9. The van der Waals surface area contributed by atoms with Crippen LogP contribution in [0.2, 0.25) is 0 Å². The fourth-order valence-corrected chi connectivity index (χ4v) is 9.99. The zero-order chi connectivity index (χ0) is 43.1. The fourth-order valence-electron chi connectivity index (χ4n) is 9.99. The first kappa shape index (κ1) is 38.3. The van der Waals surface area contributed by atoms with Crippen LogP contribution in [0.3, 0.4) is 0 Å². The molecule has 1 aliphatic rings. The van der Waals surface area contributed by atoms with Crippen molar-refractivity contribution in [1.29, 1.82) is 0 Å². The highest BCUT2D eigenvalue weighted by atomic mass is 15.2. The van der Waals surface area contributed by atoms with Gasteiger partial charge in [0.15, 0.2) is 0 Å². The van der Waals surface area contributed by atoms with Crippen molar-refractivity contribution in [2.24, 2.45) is 0 Å². The summed E-state index contributed by atoms with van der Waals surface area (Å²) in [6.07, 6.45) is 6.73. The Bertz CT molecular complexity index is 3480. The van der Waals surface area contributed by atoms with Gasteiger partial charge in [0, 0.05) is 73.7 Å². The predicted molar refractivity (Wildman–Crippen MR) is 274 cm³/mol. The number of hydrogen-bond acceptors (Lipinski definition) is 2. The van der Waals surface area contributed by atoms with Crippen molar-refractivity contribution in [3.05, 3.63) is 253 Å². The number of aromatic nitrogens is 2. The second kappa shape index (κ2) is 16.4. The molecule has 2 aromatic heterocycles. The largest absolute Gasteiger partial charge is 0.336 e. The van der Waals surface area contributed by atoms with E-state index in [1.807, 2.05) is 0 Å². The van der Waals surface area contributed by atoms with E-state index < -0.39 is 0 Å². The Morgan fingerprint density at radius 1 is 0.385 bits per heavy atom. The topological polar surface area (TPSA) is 16.3 Å². The minimum absolute atomic E-state index is 0.799. The molecule has 0 bridgehead atoms. The monoisotopic (exact) mass is 834 g/mol. The van der Waals surface area contributed by atoms with Gasteiger partial charge in [-0.15, -0.1) is 0 Å². The van der Waals surface area contributed by atoms with Gasteiger partial charge in [0.1, 0.15) is 0 Å². The molecule has 0 saturated heterocycles. The van der Waals surface area contributed by atoms with Gasteiger partial charge in [-0.25, -0.2) is 0 Å². The molecular weight excluding hydrogens is 789 g/mol. The molecule has 0 fully saturated rings. The minimum atomic E-state index is 0.799. The van der Waals surface area contributed by atoms with E-state index in [0.29, 0.717) is 0 Å². The summed E-state index contributed by atoms with van der Waals surface area (Å²) < 4.78 is 4.90. The van der Waals surface area contributed by atoms with Crippen LogP contribution in [0, 0.1) is 0 Å². The molecule has 0 spiro atoms. The summed E-state index contributed by atoms with van der Waals surface area (Å²) in [6, 6.07) is 83.6. The van der Waals surface area contributed by atoms with Crippen molar-refractivity contribution in [2.75, 3.05) is 9.80 Å². The Morgan fingerprint density at radius 2 is 0.862 bits per heavy atom. The number of benzene rings is 9. The number of nitrogens with zero attached hydrogens (tertiary/aromatic N) is 4. The molecule has 12 rings (SSSR count). The third-order valence-corrected chi connectivity index (χ3v) is 13.0. The molecule has 0 N–H and O–H groups in total. The summed E-state index contributed by atoms with van der Waals surface area (Å²) in [5.41, 5.74) is 17.9. The maximum atomic E-state index is 2.46. The van der Waals surface area contributed by atoms with Gasteiger partial charge in [-0.05, 0) is 132 Å². The summed E-state index contributed by atoms with van der Waals surface area (Å²) in [5, 5.41) is 3.85. The first-order valence-corrected chi connectivity index (χ1v) is 22.6. The summed E-state index contributed by atoms with van der Waals surface area (Å²) in [7, 11) is 0. The normalized spacial score (nSPS) is 12.2. The lowest BCUT2D eigenvalue weighted by molar-refractivity contribution is 0.869. The third-order valence-electron chi connectivity index (χ3n) is 13.0. The van der Waals surface area contributed by atoms with Crippen LogP contribution < -0.4 is 9.80 Å². The molecule has 0 saturated carbocycles. The van der Waals surface area contributed by atoms with Crippen LogP contribution in [0.4, 0.5) is 34.1 Å². The van der Waals surface area contributed by atoms with Crippen molar-refractivity contribution in [3.8, 4) is 16.8 Å². The molecule has 65 heavy (non-hydrogen) atoms. The number of fused-ring (bicyclic) bond motifs is 6. The molecule has 0 atom stereocenters. The van der Waals surface area contributed by atoms with E-state index in [4.69, 9.17) is 0 Å². The number of hydrogen-bond donors (Lipinski definition) is 0. The van der Waals surface area contributed by atoms with Crippen molar-refractivity contribution >= 4 is 72.9 Å². The smallest absolute Gasteiger partial charge is 0.0558 e. The van der Waals surface area contributed by atoms with Crippen LogP contribution in [0.25, 0.3) is 55.6 Å². The van der Waals surface area contributed by atoms with Crippen molar-refractivity contribution in [2.45, 2.75) is 19.4 Å². The van der Waals surface area contributed by atoms with Gasteiger partial charge in [-0.3, -0.25) is 0 Å². The van der Waals surface area contributed by atoms with Crippen molar-refractivity contribution in [3.63, 3.8) is 0 Å². The van der Waals surface area contributed by atoms with Crippen LogP contribution >= 0.6 is 0 Å². The van der Waals surface area contributed by atoms with Gasteiger partial charge in [-0.2, -0.15) is 0 Å². The predicted octanol–water partition coefficient (Wildman–Crippen LogP) is 16.4. The van der Waals surface area contributed by atoms with Gasteiger partial charge in [-0.1, -0.05) is 146 Å². The average molecular weight is 835 g/mol. The van der Waals surface area contributed by atoms with E-state index in [-0.39, 0.29) is 0 Å². The van der Waals surface area contributed by atoms with Crippen LogP contribution in [-0.2, 0) is 13.0 Å². The van der Waals surface area contributed by atoms with Crippen LogP contribution in [-0.4, -0.2) is 9.13 Å². The summed E-state index contributed by atoms with van der Waals surface area (Å²) in [6.45, 7) is 0.799. The third kappa shape index (κ3) is 6.97. The van der Waals surface area contributed by atoms with Crippen molar-refractivity contribution < 1.29 is 0 Å². The minimum Gasteiger partial charge on any atom is -0.336 e. The van der Waals surface area contributed by atoms with E-state index in [0.717, 1.165) is 53.5 Å². The van der Waals surface area contributed by atoms with E-state index in [1.54, 1.807) is 0 Å². The molecule has 0 amide bonds. The average Bonchev–Trinajstić information content (AvgIpc) is 3.87. The summed E-state index contributed by atoms with van der Waals surface area (Å²) >= 11 is 0. The Balaban J connectivity index is 0.900. The lowest BCUT2D eigenvalue weighted by Crippen LogP contribution is -2.10. The Morgan fingerprint density at radius 3 is 1.48 bits per heavy atom. The molecule has 0 aliphatic heterocycles. The van der Waals surface area contributed by atoms with E-state index in [2.05, 4.69) is 262 Å². The molecular formula is C61H46N4. The number of allylic oxidation sites excluding steroid dienone is 1. The molecule has 310 valence electrons. The van der Waals surface area contributed by atoms with Gasteiger partial charge >= 0.3 is 0 Å². The van der Waals surface area contributed by atoms with Gasteiger partial charge in [0.25, 0.3) is 0 Å². The van der Waals surface area contributed by atoms with Crippen LogP contribution in [0.15, 0.2) is 237 Å². The highest BCUT2D eigenvalue weighted by Crippen LogP contribution is 2.42. The van der Waals surface area contributed by atoms with Crippen LogP contribution in [0.1, 0.15) is 23.2 Å². The Hall–Kier alpha value is -8.34. The molecule has 0 radical (unpaired) electrons. The zero-order valence-electron chi connectivity index (χ0n) is 36.0. The summed E-state index contributed by atoms with van der Waals surface area (Å²) in [5.74, 6) is 0. The zero-order valence-corrected chi connectivity index (χ0v) is 36.0. The first-order chi connectivity index (χ1) is 32.2. The SMILES string of the molecule is C1=Cc2c(c3ccc(N(c4ccccc4)c4ccc(-c5ccc(N(c6ccccc6)c6ccc7c8ccccc8n(Cc8ccccc8)c7c6)cc5)cc4)cc3n2-c2ccccc2)CC1. The van der Waals surface area contributed by atoms with Crippen LogP contribution in [0.5, 0.6) is 0 Å². The maximum Gasteiger partial charge on any atom is 0.0558 e. The molecule has 4 nitrogen and oxygen atoms in total. The maximum absolute atomic E-state index is 2.46. The van der Waals surface area contributed by atoms with Gasteiger partial charge in [0.2, 0.25) is 0 Å². The molecule has 11 aromatic rings. The first-order valence-electron chi connectivity index (χ1n) is 22.6. The van der Waals surface area contributed by atoms with Gasteiger partial charge < -0.3 is 18.9 Å². The highest BCUT2D eigenvalue weighted by Gasteiger charge is 2.22. The summed E-state index contributed by atoms with van der Waals surface area (Å²) in [4.78, 5) is 4.74. The fraction of sp³-hybridized carbons (Fsp3) is 0.0492. The van der Waals surface area contributed by atoms with Gasteiger partial charge in [0.05, 0.1) is 11.0 Å².